The van der Waals surface area contributed by atoms with Gasteiger partial charge < -0.3 is 29.8 Å². The van der Waals surface area contributed by atoms with Gasteiger partial charge in [-0.25, -0.2) is 0 Å². The van der Waals surface area contributed by atoms with E-state index in [1.54, 1.807) is 7.11 Å². The molecule has 1 heterocycles. The van der Waals surface area contributed by atoms with Crippen LogP contribution in [-0.2, 0) is 31.7 Å². The van der Waals surface area contributed by atoms with Crippen molar-refractivity contribution < 1.29 is 28.7 Å². The Hall–Kier alpha value is -2.10. The summed E-state index contributed by atoms with van der Waals surface area (Å²) < 4.78 is 17.6. The molecule has 2 amide bonds. The fourth-order valence-corrected chi connectivity index (χ4v) is 4.65. The number of nitrogens with one attached hydrogen (secondary N) is 2. The quantitative estimate of drug-likeness (QED) is 0.461. The lowest BCUT2D eigenvalue weighted by Gasteiger charge is -2.32. The first kappa shape index (κ1) is 27.5. The highest BCUT2D eigenvalue weighted by Crippen LogP contribution is 2.38. The van der Waals surface area contributed by atoms with Gasteiger partial charge >= 0.3 is 7.12 Å². The standard InChI is InChI=1S/C26H41BN2O6/c1-16(2)12-22(27-34-25(3,4)26(5,6)35-27)29-24(32)21(15-30)28-23(31)19-9-8-18-14-20(33-7)11-10-17(18)13-19/h10-11,14,16,19,21-22,30H,8-9,12-13,15H2,1-7H3,(H,28,31)(H,29,32)/t19?,21-,22-/m0/s1. The van der Waals surface area contributed by atoms with Gasteiger partial charge in [-0.1, -0.05) is 19.9 Å². The molecule has 3 rings (SSSR count). The van der Waals surface area contributed by atoms with E-state index in [2.05, 4.69) is 24.5 Å². The maximum absolute atomic E-state index is 13.1. The van der Waals surface area contributed by atoms with Gasteiger partial charge in [0.15, 0.2) is 0 Å². The van der Waals surface area contributed by atoms with E-state index in [1.165, 1.54) is 5.56 Å². The van der Waals surface area contributed by atoms with Crippen molar-refractivity contribution in [3.8, 4) is 5.75 Å². The third kappa shape index (κ3) is 6.37. The number of carbonyl (C=O) groups is 2. The van der Waals surface area contributed by atoms with Crippen LogP contribution in [-0.4, -0.2) is 60.9 Å². The first-order valence-corrected chi connectivity index (χ1v) is 12.6. The number of benzene rings is 1. The Labute approximate surface area is 209 Å². The van der Waals surface area contributed by atoms with Crippen molar-refractivity contribution in [1.29, 1.82) is 0 Å². The Balaban J connectivity index is 1.64. The van der Waals surface area contributed by atoms with Crippen molar-refractivity contribution in [1.82, 2.24) is 10.6 Å². The number of methoxy groups -OCH3 is 1. The van der Waals surface area contributed by atoms with E-state index in [4.69, 9.17) is 14.0 Å². The van der Waals surface area contributed by atoms with Crippen LogP contribution in [0, 0.1) is 11.8 Å². The predicted molar refractivity (Wildman–Crippen MR) is 135 cm³/mol. The highest BCUT2D eigenvalue weighted by atomic mass is 16.7. The maximum atomic E-state index is 13.1. The molecule has 0 aromatic heterocycles. The van der Waals surface area contributed by atoms with Crippen molar-refractivity contribution in [3.05, 3.63) is 29.3 Å². The molecule has 9 heteroatoms. The lowest BCUT2D eigenvalue weighted by atomic mass is 9.74. The van der Waals surface area contributed by atoms with Crippen LogP contribution in [0.2, 0.25) is 0 Å². The third-order valence-corrected chi connectivity index (χ3v) is 7.48. The van der Waals surface area contributed by atoms with Gasteiger partial charge in [-0.15, -0.1) is 0 Å². The molecule has 0 saturated carbocycles. The van der Waals surface area contributed by atoms with Gasteiger partial charge in [0.25, 0.3) is 0 Å². The van der Waals surface area contributed by atoms with Gasteiger partial charge in [0.2, 0.25) is 11.8 Å². The molecule has 3 atom stereocenters. The number of hydrogen-bond donors (Lipinski definition) is 3. The second-order valence-electron chi connectivity index (χ2n) is 11.2. The fourth-order valence-electron chi connectivity index (χ4n) is 4.65. The second-order valence-corrected chi connectivity index (χ2v) is 11.2. The highest BCUT2D eigenvalue weighted by Gasteiger charge is 2.54. The van der Waals surface area contributed by atoms with Crippen molar-refractivity contribution in [2.24, 2.45) is 11.8 Å². The molecule has 2 aliphatic rings. The number of aliphatic hydroxyl groups is 1. The zero-order valence-electron chi connectivity index (χ0n) is 22.1. The molecule has 1 saturated heterocycles. The van der Waals surface area contributed by atoms with E-state index >= 15 is 0 Å². The molecule has 1 aromatic rings. The predicted octanol–water partition coefficient (Wildman–Crippen LogP) is 2.44. The Morgan fingerprint density at radius 2 is 1.80 bits per heavy atom. The fraction of sp³-hybridized carbons (Fsp3) is 0.692. The molecule has 1 unspecified atom stereocenters. The molecule has 1 fully saturated rings. The maximum Gasteiger partial charge on any atom is 0.481 e. The van der Waals surface area contributed by atoms with E-state index in [-0.39, 0.29) is 17.7 Å². The smallest absolute Gasteiger partial charge is 0.481 e. The average Bonchev–Trinajstić information content (AvgIpc) is 3.02. The molecule has 8 nitrogen and oxygen atoms in total. The number of carbonyl (C=O) groups excluding carboxylic acids is 2. The second kappa shape index (κ2) is 10.9. The first-order chi connectivity index (χ1) is 16.4. The summed E-state index contributed by atoms with van der Waals surface area (Å²) in [5.74, 6) is -0.249. The number of hydrogen-bond acceptors (Lipinski definition) is 6. The molecule has 194 valence electrons. The van der Waals surface area contributed by atoms with Gasteiger partial charge in [-0.05, 0) is 82.6 Å². The van der Waals surface area contributed by atoms with Crippen molar-refractivity contribution in [3.63, 3.8) is 0 Å². The summed E-state index contributed by atoms with van der Waals surface area (Å²) in [6, 6.07) is 4.85. The topological polar surface area (TPSA) is 106 Å². The summed E-state index contributed by atoms with van der Waals surface area (Å²) in [7, 11) is 1.02. The summed E-state index contributed by atoms with van der Waals surface area (Å²) in [4.78, 5) is 26.1. The van der Waals surface area contributed by atoms with Gasteiger partial charge in [0, 0.05) is 5.92 Å². The average molecular weight is 488 g/mol. The van der Waals surface area contributed by atoms with Crippen LogP contribution in [0.1, 0.15) is 65.5 Å². The SMILES string of the molecule is COc1ccc2c(c1)CCC(C(=O)N[C@@H](CO)C(=O)N[C@@H](CC(C)C)B1OC(C)(C)C(C)(C)O1)C2. The third-order valence-electron chi connectivity index (χ3n) is 7.48. The first-order valence-electron chi connectivity index (χ1n) is 12.6. The zero-order valence-corrected chi connectivity index (χ0v) is 22.1. The van der Waals surface area contributed by atoms with Crippen LogP contribution < -0.4 is 15.4 Å². The molecule has 3 N–H and O–H groups in total. The van der Waals surface area contributed by atoms with E-state index < -0.39 is 42.8 Å². The highest BCUT2D eigenvalue weighted by molar-refractivity contribution is 6.48. The van der Waals surface area contributed by atoms with Crippen LogP contribution in [0.5, 0.6) is 5.75 Å². The van der Waals surface area contributed by atoms with E-state index in [0.29, 0.717) is 19.3 Å². The summed E-state index contributed by atoms with van der Waals surface area (Å²) in [6.45, 7) is 11.5. The van der Waals surface area contributed by atoms with Crippen LogP contribution in [0.25, 0.3) is 0 Å². The molecule has 1 aliphatic carbocycles. The number of aryl methyl sites for hydroxylation is 1. The largest absolute Gasteiger partial charge is 0.497 e. The van der Waals surface area contributed by atoms with E-state index in [0.717, 1.165) is 17.7 Å². The lowest BCUT2D eigenvalue weighted by molar-refractivity contribution is -0.132. The van der Waals surface area contributed by atoms with E-state index in [9.17, 15) is 14.7 Å². The summed E-state index contributed by atoms with van der Waals surface area (Å²) in [5.41, 5.74) is 1.25. The minimum Gasteiger partial charge on any atom is -0.497 e. The molecule has 35 heavy (non-hydrogen) atoms. The Kier molecular flexibility index (Phi) is 8.55. The van der Waals surface area contributed by atoms with Crippen LogP contribution in [0.4, 0.5) is 0 Å². The summed E-state index contributed by atoms with van der Waals surface area (Å²) in [5, 5.41) is 15.7. The Morgan fingerprint density at radius 1 is 1.14 bits per heavy atom. The summed E-state index contributed by atoms with van der Waals surface area (Å²) in [6.07, 6.45) is 2.67. The van der Waals surface area contributed by atoms with E-state index in [1.807, 2.05) is 45.9 Å². The normalized spacial score (nSPS) is 22.3. The molecule has 1 aliphatic heterocycles. The molecule has 0 spiro atoms. The van der Waals surface area contributed by atoms with Crippen LogP contribution >= 0.6 is 0 Å². The molecule has 0 bridgehead atoms. The number of ether oxygens (including phenoxy) is 1. The lowest BCUT2D eigenvalue weighted by Crippen LogP contribution is -2.56. The van der Waals surface area contributed by atoms with Gasteiger partial charge in [0.05, 0.1) is 30.9 Å². The van der Waals surface area contributed by atoms with Crippen molar-refractivity contribution in [2.45, 2.75) is 90.4 Å². The molecular weight excluding hydrogens is 447 g/mol. The van der Waals surface area contributed by atoms with Gasteiger partial charge in [0.1, 0.15) is 11.8 Å². The van der Waals surface area contributed by atoms with Crippen molar-refractivity contribution in [2.75, 3.05) is 13.7 Å². The molecule has 0 radical (unpaired) electrons. The summed E-state index contributed by atoms with van der Waals surface area (Å²) >= 11 is 0. The Morgan fingerprint density at radius 3 is 2.37 bits per heavy atom. The number of fused-ring (bicyclic) bond motifs is 1. The number of amides is 2. The zero-order chi connectivity index (χ0) is 26.0. The Bertz CT molecular complexity index is 903. The monoisotopic (exact) mass is 488 g/mol. The molecular formula is C26H41BN2O6. The van der Waals surface area contributed by atoms with Crippen LogP contribution in [0.3, 0.4) is 0 Å². The minimum absolute atomic E-state index is 0.225. The number of rotatable bonds is 9. The molecule has 1 aromatic carbocycles. The minimum atomic E-state index is -1.04. The van der Waals surface area contributed by atoms with Crippen LogP contribution in [0.15, 0.2) is 18.2 Å². The number of aliphatic hydroxyl groups excluding tert-OH is 1. The van der Waals surface area contributed by atoms with Crippen molar-refractivity contribution >= 4 is 18.9 Å². The van der Waals surface area contributed by atoms with Gasteiger partial charge in [-0.3, -0.25) is 9.59 Å². The van der Waals surface area contributed by atoms with Gasteiger partial charge in [-0.2, -0.15) is 0 Å².